The minimum Gasteiger partial charge on any atom is -0.395 e. The minimum atomic E-state index is -0.194. The second-order valence-corrected chi connectivity index (χ2v) is 3.46. The molecular formula is C13H17NO2. The van der Waals surface area contributed by atoms with Gasteiger partial charge in [-0.05, 0) is 5.56 Å². The van der Waals surface area contributed by atoms with Crippen LogP contribution in [0.25, 0.3) is 0 Å². The van der Waals surface area contributed by atoms with E-state index >= 15 is 0 Å². The van der Waals surface area contributed by atoms with E-state index in [1.807, 2.05) is 35.2 Å². The number of hydrogen-bond donors (Lipinski definition) is 2. The first-order valence-electron chi connectivity index (χ1n) is 5.30. The Morgan fingerprint density at radius 1 is 1.12 bits per heavy atom. The van der Waals surface area contributed by atoms with Gasteiger partial charge in [-0.15, -0.1) is 6.42 Å². The van der Waals surface area contributed by atoms with E-state index in [2.05, 4.69) is 5.92 Å². The van der Waals surface area contributed by atoms with Gasteiger partial charge in [0, 0.05) is 13.1 Å². The van der Waals surface area contributed by atoms with Gasteiger partial charge in [-0.25, -0.2) is 0 Å². The van der Waals surface area contributed by atoms with Crippen molar-refractivity contribution in [2.24, 2.45) is 0 Å². The molecule has 0 saturated heterocycles. The van der Waals surface area contributed by atoms with Gasteiger partial charge in [-0.3, -0.25) is 4.90 Å². The molecule has 0 aliphatic carbocycles. The number of hydrogen-bond acceptors (Lipinski definition) is 3. The van der Waals surface area contributed by atoms with Gasteiger partial charge in [0.2, 0.25) is 0 Å². The zero-order valence-corrected chi connectivity index (χ0v) is 9.21. The third-order valence-corrected chi connectivity index (χ3v) is 2.41. The summed E-state index contributed by atoms with van der Waals surface area (Å²) in [5.74, 6) is 2.69. The number of aliphatic hydroxyl groups excluding tert-OH is 2. The molecule has 1 rings (SSSR count). The van der Waals surface area contributed by atoms with Crippen LogP contribution in [-0.4, -0.2) is 41.4 Å². The van der Waals surface area contributed by atoms with Crippen molar-refractivity contribution in [1.82, 2.24) is 4.90 Å². The average Bonchev–Trinajstić information content (AvgIpc) is 2.32. The Hall–Kier alpha value is -1.34. The fourth-order valence-electron chi connectivity index (χ4n) is 1.67. The molecule has 0 amide bonds. The average molecular weight is 219 g/mol. The highest BCUT2D eigenvalue weighted by Crippen LogP contribution is 2.18. The highest BCUT2D eigenvalue weighted by atomic mass is 16.3. The van der Waals surface area contributed by atoms with Gasteiger partial charge < -0.3 is 10.2 Å². The SMILES string of the molecule is C#CC(c1ccccc1)N(CCO)CCO. The van der Waals surface area contributed by atoms with Gasteiger partial charge in [0.25, 0.3) is 0 Å². The summed E-state index contributed by atoms with van der Waals surface area (Å²) in [6.45, 7) is 0.991. The molecule has 0 spiro atoms. The molecule has 1 aromatic rings. The summed E-state index contributed by atoms with van der Waals surface area (Å²) < 4.78 is 0. The maximum Gasteiger partial charge on any atom is 0.0969 e. The first-order valence-corrected chi connectivity index (χ1v) is 5.30. The van der Waals surface area contributed by atoms with Crippen molar-refractivity contribution < 1.29 is 10.2 Å². The van der Waals surface area contributed by atoms with E-state index in [1.54, 1.807) is 0 Å². The maximum atomic E-state index is 8.96. The normalized spacial score (nSPS) is 12.4. The molecule has 1 unspecified atom stereocenters. The monoisotopic (exact) mass is 219 g/mol. The van der Waals surface area contributed by atoms with Gasteiger partial charge in [0.05, 0.1) is 19.3 Å². The largest absolute Gasteiger partial charge is 0.395 e. The molecule has 0 aliphatic rings. The Morgan fingerprint density at radius 2 is 1.69 bits per heavy atom. The molecule has 0 aromatic heterocycles. The molecule has 0 radical (unpaired) electrons. The molecule has 0 fully saturated rings. The molecule has 1 atom stereocenters. The number of rotatable bonds is 6. The standard InChI is InChI=1S/C13H17NO2/c1-2-13(12-6-4-3-5-7-12)14(8-10-15)9-11-16/h1,3-7,13,15-16H,8-11H2. The first-order chi connectivity index (χ1) is 7.83. The molecule has 86 valence electrons. The van der Waals surface area contributed by atoms with E-state index in [9.17, 15) is 0 Å². The lowest BCUT2D eigenvalue weighted by atomic mass is 10.1. The summed E-state index contributed by atoms with van der Waals surface area (Å²) in [6.07, 6.45) is 5.51. The van der Waals surface area contributed by atoms with E-state index in [1.165, 1.54) is 0 Å². The molecule has 0 bridgehead atoms. The van der Waals surface area contributed by atoms with Gasteiger partial charge in [-0.2, -0.15) is 0 Å². The van der Waals surface area contributed by atoms with E-state index in [0.29, 0.717) is 13.1 Å². The number of nitrogens with zero attached hydrogens (tertiary/aromatic N) is 1. The van der Waals surface area contributed by atoms with Crippen molar-refractivity contribution >= 4 is 0 Å². The Balaban J connectivity index is 2.83. The van der Waals surface area contributed by atoms with Crippen LogP contribution in [0.1, 0.15) is 11.6 Å². The second-order valence-electron chi connectivity index (χ2n) is 3.46. The molecule has 0 aliphatic heterocycles. The molecule has 3 nitrogen and oxygen atoms in total. The first kappa shape index (κ1) is 12.7. The third-order valence-electron chi connectivity index (χ3n) is 2.41. The van der Waals surface area contributed by atoms with Crippen molar-refractivity contribution in [1.29, 1.82) is 0 Å². The summed E-state index contributed by atoms with van der Waals surface area (Å²) in [7, 11) is 0. The Morgan fingerprint density at radius 3 is 2.12 bits per heavy atom. The quantitative estimate of drug-likeness (QED) is 0.690. The predicted molar refractivity (Wildman–Crippen MR) is 63.8 cm³/mol. The maximum absolute atomic E-state index is 8.96. The van der Waals surface area contributed by atoms with Crippen LogP contribution in [0.15, 0.2) is 30.3 Å². The third kappa shape index (κ3) is 3.35. The number of terminal acetylenes is 1. The molecular weight excluding hydrogens is 202 g/mol. The molecule has 1 aromatic carbocycles. The Labute approximate surface area is 96.3 Å². The van der Waals surface area contributed by atoms with Crippen LogP contribution < -0.4 is 0 Å². The number of aliphatic hydroxyl groups is 2. The van der Waals surface area contributed by atoms with E-state index < -0.39 is 0 Å². The van der Waals surface area contributed by atoms with Gasteiger partial charge in [0.15, 0.2) is 0 Å². The highest BCUT2D eigenvalue weighted by Gasteiger charge is 2.16. The van der Waals surface area contributed by atoms with Crippen LogP contribution in [0.2, 0.25) is 0 Å². The lowest BCUT2D eigenvalue weighted by Crippen LogP contribution is -2.33. The predicted octanol–water partition coefficient (Wildman–Crippen LogP) is 0.647. The molecule has 0 heterocycles. The van der Waals surface area contributed by atoms with Crippen molar-refractivity contribution in [3.8, 4) is 12.3 Å². The molecule has 0 saturated carbocycles. The van der Waals surface area contributed by atoms with Crippen LogP contribution in [0.4, 0.5) is 0 Å². The molecule has 2 N–H and O–H groups in total. The zero-order chi connectivity index (χ0) is 11.8. The molecule has 3 heteroatoms. The second kappa shape index (κ2) is 7.02. The minimum absolute atomic E-state index is 0.0328. The lowest BCUT2D eigenvalue weighted by molar-refractivity contribution is 0.142. The summed E-state index contributed by atoms with van der Waals surface area (Å²) in [4.78, 5) is 1.88. The van der Waals surface area contributed by atoms with E-state index in [0.717, 1.165) is 5.56 Å². The highest BCUT2D eigenvalue weighted by molar-refractivity contribution is 5.25. The fraction of sp³-hybridized carbons (Fsp3) is 0.385. The van der Waals surface area contributed by atoms with Gasteiger partial charge >= 0.3 is 0 Å². The smallest absolute Gasteiger partial charge is 0.0969 e. The lowest BCUT2D eigenvalue weighted by Gasteiger charge is -2.27. The van der Waals surface area contributed by atoms with Gasteiger partial charge in [0.1, 0.15) is 0 Å². The van der Waals surface area contributed by atoms with Crippen LogP contribution in [0.3, 0.4) is 0 Å². The van der Waals surface area contributed by atoms with Crippen LogP contribution in [0, 0.1) is 12.3 Å². The van der Waals surface area contributed by atoms with Crippen molar-refractivity contribution in [3.05, 3.63) is 35.9 Å². The topological polar surface area (TPSA) is 43.7 Å². The number of benzene rings is 1. The summed E-state index contributed by atoms with van der Waals surface area (Å²) in [5, 5.41) is 17.9. The van der Waals surface area contributed by atoms with Gasteiger partial charge in [-0.1, -0.05) is 36.3 Å². The Bertz CT molecular complexity index is 326. The van der Waals surface area contributed by atoms with E-state index in [-0.39, 0.29) is 19.3 Å². The van der Waals surface area contributed by atoms with Crippen molar-refractivity contribution in [2.75, 3.05) is 26.3 Å². The van der Waals surface area contributed by atoms with Crippen LogP contribution >= 0.6 is 0 Å². The summed E-state index contributed by atoms with van der Waals surface area (Å²) >= 11 is 0. The summed E-state index contributed by atoms with van der Waals surface area (Å²) in [5.41, 5.74) is 1.01. The van der Waals surface area contributed by atoms with Crippen molar-refractivity contribution in [3.63, 3.8) is 0 Å². The van der Waals surface area contributed by atoms with Crippen molar-refractivity contribution in [2.45, 2.75) is 6.04 Å². The van der Waals surface area contributed by atoms with Crippen LogP contribution in [0.5, 0.6) is 0 Å². The van der Waals surface area contributed by atoms with Crippen LogP contribution in [-0.2, 0) is 0 Å². The fourth-order valence-corrected chi connectivity index (χ4v) is 1.67. The van der Waals surface area contributed by atoms with E-state index in [4.69, 9.17) is 16.6 Å². The Kier molecular flexibility index (Phi) is 5.58. The summed E-state index contributed by atoms with van der Waals surface area (Å²) in [6, 6.07) is 9.49. The molecule has 16 heavy (non-hydrogen) atoms. The zero-order valence-electron chi connectivity index (χ0n) is 9.21.